The van der Waals surface area contributed by atoms with Crippen LogP contribution in [0.5, 0.6) is 0 Å². The number of halogens is 5. The number of carboxylic acid groups (broad SMARTS) is 1. The zero-order chi connectivity index (χ0) is 18.8. The summed E-state index contributed by atoms with van der Waals surface area (Å²) in [6.45, 7) is -1.16. The van der Waals surface area contributed by atoms with Crippen LogP contribution in [0.2, 0.25) is 0 Å². The molecule has 0 aliphatic carbocycles. The number of hydrogen-bond donors (Lipinski definition) is 1. The van der Waals surface area contributed by atoms with Gasteiger partial charge in [0.1, 0.15) is 0 Å². The Morgan fingerprint density at radius 3 is 2.36 bits per heavy atom. The van der Waals surface area contributed by atoms with Crippen LogP contribution in [0.25, 0.3) is 0 Å². The number of hydrogen-bond acceptors (Lipinski definition) is 2. The highest BCUT2D eigenvalue weighted by molar-refractivity contribution is 5.79. The van der Waals surface area contributed by atoms with Gasteiger partial charge in [0, 0.05) is 19.5 Å². The largest absolute Gasteiger partial charge is 0.481 e. The molecule has 1 aliphatic heterocycles. The van der Waals surface area contributed by atoms with Crippen LogP contribution in [0, 0.1) is 23.5 Å². The molecule has 2 rings (SSSR count). The fourth-order valence-corrected chi connectivity index (χ4v) is 2.89. The molecule has 0 aromatic heterocycles. The van der Waals surface area contributed by atoms with Gasteiger partial charge in [0.2, 0.25) is 5.91 Å². The molecule has 0 spiro atoms. The summed E-state index contributed by atoms with van der Waals surface area (Å²) < 4.78 is 64.5. The van der Waals surface area contributed by atoms with Gasteiger partial charge in [-0.05, 0) is 30.5 Å². The number of carbonyl (C=O) groups excluding carboxylic acids is 1. The number of carbonyl (C=O) groups is 2. The normalized spacial score (nSPS) is 20.8. The molecule has 1 heterocycles. The summed E-state index contributed by atoms with van der Waals surface area (Å²) in [5.41, 5.74) is 0.463. The molecule has 25 heavy (non-hydrogen) atoms. The fourth-order valence-electron chi connectivity index (χ4n) is 2.89. The van der Waals surface area contributed by atoms with Crippen molar-refractivity contribution in [2.45, 2.75) is 25.4 Å². The monoisotopic (exact) mass is 365 g/mol. The molecule has 9 heteroatoms. The third-order valence-corrected chi connectivity index (χ3v) is 4.25. The summed E-state index contributed by atoms with van der Waals surface area (Å²) in [7, 11) is 0. The van der Waals surface area contributed by atoms with Crippen molar-refractivity contribution < 1.29 is 36.6 Å². The van der Waals surface area contributed by atoms with E-state index in [-0.39, 0.29) is 19.3 Å². The van der Waals surface area contributed by atoms with Gasteiger partial charge in [0.15, 0.2) is 11.6 Å². The van der Waals surface area contributed by atoms with Crippen LogP contribution >= 0.6 is 0 Å². The number of rotatable bonds is 5. The van der Waals surface area contributed by atoms with Crippen LogP contribution < -0.4 is 0 Å². The van der Waals surface area contributed by atoms with Gasteiger partial charge in [0.25, 0.3) is 0 Å². The lowest BCUT2D eigenvalue weighted by Gasteiger charge is -2.18. The van der Waals surface area contributed by atoms with Crippen molar-refractivity contribution >= 4 is 11.9 Å². The van der Waals surface area contributed by atoms with Crippen molar-refractivity contribution in [1.82, 2.24) is 4.90 Å². The Morgan fingerprint density at radius 1 is 1.16 bits per heavy atom. The van der Waals surface area contributed by atoms with Crippen LogP contribution in [0.15, 0.2) is 18.2 Å². The van der Waals surface area contributed by atoms with E-state index < -0.39 is 54.6 Å². The van der Waals surface area contributed by atoms with E-state index in [0.29, 0.717) is 5.56 Å². The van der Waals surface area contributed by atoms with Crippen molar-refractivity contribution in [1.29, 1.82) is 0 Å². The molecule has 4 nitrogen and oxygen atoms in total. The van der Waals surface area contributed by atoms with Crippen LogP contribution in [0.3, 0.4) is 0 Å². The third kappa shape index (κ3) is 4.67. The summed E-state index contributed by atoms with van der Waals surface area (Å²) in [4.78, 5) is 23.9. The second-order valence-electron chi connectivity index (χ2n) is 5.99. The summed E-state index contributed by atoms with van der Waals surface area (Å²) in [5.74, 6) is -7.93. The number of likely N-dealkylation sites (tertiary alicyclic amines) is 1. The number of carboxylic acids is 1. The number of nitrogens with zero attached hydrogens (tertiary/aromatic N) is 1. The van der Waals surface area contributed by atoms with Gasteiger partial charge in [-0.25, -0.2) is 8.78 Å². The van der Waals surface area contributed by atoms with Gasteiger partial charge in [0.05, 0.1) is 11.8 Å². The van der Waals surface area contributed by atoms with Crippen LogP contribution in [-0.2, 0) is 16.0 Å². The second-order valence-corrected chi connectivity index (χ2v) is 5.99. The van der Waals surface area contributed by atoms with E-state index in [9.17, 15) is 31.5 Å². The first-order chi connectivity index (χ1) is 11.6. The minimum absolute atomic E-state index is 0.101. The van der Waals surface area contributed by atoms with Gasteiger partial charge >= 0.3 is 12.1 Å². The zero-order valence-corrected chi connectivity index (χ0v) is 13.0. The molecule has 2 atom stereocenters. The Labute approximate surface area is 140 Å². The first kappa shape index (κ1) is 19.1. The maximum absolute atomic E-state index is 13.1. The maximum atomic E-state index is 13.1. The lowest BCUT2D eigenvalue weighted by Crippen LogP contribution is -2.34. The maximum Gasteiger partial charge on any atom is 0.394 e. The molecular weight excluding hydrogens is 349 g/mol. The van der Waals surface area contributed by atoms with Crippen LogP contribution in [0.4, 0.5) is 22.0 Å². The van der Waals surface area contributed by atoms with Gasteiger partial charge in [-0.1, -0.05) is 6.07 Å². The second kappa shape index (κ2) is 7.37. The van der Waals surface area contributed by atoms with Crippen molar-refractivity contribution in [3.05, 3.63) is 35.4 Å². The topological polar surface area (TPSA) is 57.6 Å². The average Bonchev–Trinajstić information content (AvgIpc) is 2.96. The van der Waals surface area contributed by atoms with Crippen LogP contribution in [-0.4, -0.2) is 41.1 Å². The van der Waals surface area contributed by atoms with E-state index in [1.165, 1.54) is 6.07 Å². The van der Waals surface area contributed by atoms with Crippen LogP contribution in [0.1, 0.15) is 18.4 Å². The third-order valence-electron chi connectivity index (χ3n) is 4.25. The Bertz CT molecular complexity index is 662. The van der Waals surface area contributed by atoms with E-state index in [4.69, 9.17) is 5.11 Å². The SMILES string of the molecule is O=C(O)[C@@H]1CN(C(=O)CCCc2ccc(F)c(F)c2)C[C@H]1C(F)(F)F. The van der Waals surface area contributed by atoms with Crippen molar-refractivity contribution in [3.8, 4) is 0 Å². The van der Waals surface area contributed by atoms with E-state index >= 15 is 0 Å². The van der Waals surface area contributed by atoms with Gasteiger partial charge < -0.3 is 10.0 Å². The van der Waals surface area contributed by atoms with E-state index in [1.54, 1.807) is 0 Å². The molecule has 0 saturated carbocycles. The molecule has 0 unspecified atom stereocenters. The fraction of sp³-hybridized carbons (Fsp3) is 0.500. The number of alkyl halides is 3. The molecule has 1 fully saturated rings. The highest BCUT2D eigenvalue weighted by atomic mass is 19.4. The van der Waals surface area contributed by atoms with E-state index in [0.717, 1.165) is 17.0 Å². The van der Waals surface area contributed by atoms with Crippen molar-refractivity contribution in [2.24, 2.45) is 11.8 Å². The molecule has 1 N–H and O–H groups in total. The first-order valence-corrected chi connectivity index (χ1v) is 7.61. The zero-order valence-electron chi connectivity index (χ0n) is 13.0. The highest BCUT2D eigenvalue weighted by Crippen LogP contribution is 2.38. The number of amides is 1. The van der Waals surface area contributed by atoms with Crippen molar-refractivity contribution in [3.63, 3.8) is 0 Å². The molecule has 0 radical (unpaired) electrons. The minimum atomic E-state index is -4.69. The highest BCUT2D eigenvalue weighted by Gasteiger charge is 2.53. The Hall–Kier alpha value is -2.19. The summed E-state index contributed by atoms with van der Waals surface area (Å²) >= 11 is 0. The van der Waals surface area contributed by atoms with E-state index in [2.05, 4.69) is 0 Å². The Balaban J connectivity index is 1.90. The molecule has 0 bridgehead atoms. The standard InChI is InChI=1S/C16H16F5NO3/c17-12-5-4-9(6-13(12)18)2-1-3-14(23)22-7-10(15(24)25)11(8-22)16(19,20)21/h4-6,10-11H,1-3,7-8H2,(H,24,25)/t10-,11-/m1/s1. The molecule has 1 saturated heterocycles. The molecular formula is C16H16F5NO3. The predicted octanol–water partition coefficient (Wildman–Crippen LogP) is 3.01. The molecule has 138 valence electrons. The predicted molar refractivity (Wildman–Crippen MR) is 76.5 cm³/mol. The Kier molecular flexibility index (Phi) is 5.64. The van der Waals surface area contributed by atoms with Gasteiger partial charge in [-0.2, -0.15) is 13.2 Å². The summed E-state index contributed by atoms with van der Waals surface area (Å²) in [5, 5.41) is 8.92. The number of aliphatic carboxylic acids is 1. The summed E-state index contributed by atoms with van der Waals surface area (Å²) in [6, 6.07) is 3.31. The molecule has 1 aliphatic rings. The van der Waals surface area contributed by atoms with Gasteiger partial charge in [-0.15, -0.1) is 0 Å². The average molecular weight is 365 g/mol. The molecule has 1 amide bonds. The lowest BCUT2D eigenvalue weighted by molar-refractivity contribution is -0.188. The summed E-state index contributed by atoms with van der Waals surface area (Å²) in [6.07, 6.45) is -4.31. The first-order valence-electron chi connectivity index (χ1n) is 7.61. The smallest absolute Gasteiger partial charge is 0.394 e. The quantitative estimate of drug-likeness (QED) is 0.816. The molecule has 1 aromatic carbocycles. The minimum Gasteiger partial charge on any atom is -0.481 e. The Morgan fingerprint density at radius 2 is 1.84 bits per heavy atom. The van der Waals surface area contributed by atoms with Crippen molar-refractivity contribution in [2.75, 3.05) is 13.1 Å². The number of benzene rings is 1. The lowest BCUT2D eigenvalue weighted by atomic mass is 9.96. The molecule has 1 aromatic rings. The number of aryl methyl sites for hydroxylation is 1. The van der Waals surface area contributed by atoms with Gasteiger partial charge in [-0.3, -0.25) is 9.59 Å². The van der Waals surface area contributed by atoms with E-state index in [1.807, 2.05) is 0 Å².